The minimum Gasteiger partial charge on any atom is -0.338 e. The quantitative estimate of drug-likeness (QED) is 0.758. The Morgan fingerprint density at radius 1 is 1.43 bits per heavy atom. The molecule has 2 aromatic rings. The van der Waals surface area contributed by atoms with E-state index in [9.17, 15) is 0 Å². The minimum atomic E-state index is 0.727. The number of nitrogens with zero attached hydrogens (tertiary/aromatic N) is 1. The van der Waals surface area contributed by atoms with Gasteiger partial charge >= 0.3 is 0 Å². The van der Waals surface area contributed by atoms with E-state index in [0.29, 0.717) is 0 Å². The topological polar surface area (TPSA) is 28.7 Å². The smallest absolute Gasteiger partial charge is 0.131 e. The summed E-state index contributed by atoms with van der Waals surface area (Å²) in [7, 11) is 0. The maximum Gasteiger partial charge on any atom is 0.131 e. The molecule has 1 heterocycles. The molecular formula is C11H11ClN2. The number of hydrogen-bond acceptors (Lipinski definition) is 1. The van der Waals surface area contributed by atoms with E-state index in [1.54, 1.807) is 0 Å². The lowest BCUT2D eigenvalue weighted by Crippen LogP contribution is -1.74. The van der Waals surface area contributed by atoms with E-state index in [0.717, 1.165) is 21.9 Å². The van der Waals surface area contributed by atoms with Gasteiger partial charge in [0.05, 0.1) is 11.0 Å². The third kappa shape index (κ3) is 1.80. The van der Waals surface area contributed by atoms with Crippen LogP contribution in [0, 0.1) is 0 Å². The number of nitrogens with one attached hydrogen (secondary N) is 1. The number of allylic oxidation sites excluding steroid dienone is 1. The van der Waals surface area contributed by atoms with Gasteiger partial charge in [0.2, 0.25) is 0 Å². The minimum absolute atomic E-state index is 0.727. The first-order chi connectivity index (χ1) is 6.65. The van der Waals surface area contributed by atoms with Crippen LogP contribution in [-0.2, 0) is 0 Å². The van der Waals surface area contributed by atoms with Gasteiger partial charge in [-0.15, -0.1) is 0 Å². The molecule has 14 heavy (non-hydrogen) atoms. The Labute approximate surface area is 87.6 Å². The molecule has 0 amide bonds. The maximum absolute atomic E-state index is 5.87. The van der Waals surface area contributed by atoms with Crippen LogP contribution >= 0.6 is 11.6 Å². The van der Waals surface area contributed by atoms with Gasteiger partial charge in [0.15, 0.2) is 0 Å². The van der Waals surface area contributed by atoms with Crippen molar-refractivity contribution < 1.29 is 0 Å². The second-order valence-electron chi connectivity index (χ2n) is 3.51. The molecule has 0 saturated heterocycles. The molecule has 1 aromatic heterocycles. The van der Waals surface area contributed by atoms with E-state index < -0.39 is 0 Å². The summed E-state index contributed by atoms with van der Waals surface area (Å²) in [6, 6.07) is 5.64. The lowest BCUT2D eigenvalue weighted by atomic mass is 10.3. The number of fused-ring (bicyclic) bond motifs is 1. The van der Waals surface area contributed by atoms with Gasteiger partial charge in [0.1, 0.15) is 5.82 Å². The number of halogens is 1. The summed E-state index contributed by atoms with van der Waals surface area (Å²) in [5.41, 5.74) is 3.14. The normalized spacial score (nSPS) is 10.5. The fourth-order valence-corrected chi connectivity index (χ4v) is 1.52. The van der Waals surface area contributed by atoms with Crippen LogP contribution in [0.3, 0.4) is 0 Å². The lowest BCUT2D eigenvalue weighted by molar-refractivity contribution is 1.27. The number of H-pyrrole nitrogens is 1. The highest BCUT2D eigenvalue weighted by atomic mass is 35.5. The fourth-order valence-electron chi connectivity index (χ4n) is 1.34. The van der Waals surface area contributed by atoms with Crippen molar-refractivity contribution in [2.45, 2.75) is 13.8 Å². The van der Waals surface area contributed by atoms with Crippen molar-refractivity contribution in [3.63, 3.8) is 0 Å². The SMILES string of the molecule is CC(C)=Cc1nc2ccc(Cl)cc2[nH]1. The molecule has 0 atom stereocenters. The van der Waals surface area contributed by atoms with E-state index in [4.69, 9.17) is 11.6 Å². The van der Waals surface area contributed by atoms with Gasteiger partial charge in [-0.1, -0.05) is 17.2 Å². The summed E-state index contributed by atoms with van der Waals surface area (Å²) in [6.07, 6.45) is 2.01. The molecule has 2 rings (SSSR count). The van der Waals surface area contributed by atoms with Crippen LogP contribution < -0.4 is 0 Å². The summed E-state index contributed by atoms with van der Waals surface area (Å²) >= 11 is 5.87. The van der Waals surface area contributed by atoms with Gasteiger partial charge in [0.25, 0.3) is 0 Å². The van der Waals surface area contributed by atoms with E-state index >= 15 is 0 Å². The molecule has 0 aliphatic rings. The number of imidazole rings is 1. The predicted octanol–water partition coefficient (Wildman–Crippen LogP) is 3.64. The summed E-state index contributed by atoms with van der Waals surface area (Å²) in [4.78, 5) is 7.60. The van der Waals surface area contributed by atoms with Crippen LogP contribution in [0.1, 0.15) is 19.7 Å². The second-order valence-corrected chi connectivity index (χ2v) is 3.94. The predicted molar refractivity (Wildman–Crippen MR) is 60.4 cm³/mol. The summed E-state index contributed by atoms with van der Waals surface area (Å²) in [5.74, 6) is 0.877. The monoisotopic (exact) mass is 206 g/mol. The Kier molecular flexibility index (Phi) is 2.30. The van der Waals surface area contributed by atoms with Crippen molar-refractivity contribution in [1.29, 1.82) is 0 Å². The van der Waals surface area contributed by atoms with Crippen molar-refractivity contribution in [3.05, 3.63) is 34.6 Å². The molecule has 0 aliphatic heterocycles. The van der Waals surface area contributed by atoms with Gasteiger partial charge in [-0.05, 0) is 38.1 Å². The highest BCUT2D eigenvalue weighted by molar-refractivity contribution is 6.31. The van der Waals surface area contributed by atoms with Crippen LogP contribution in [0.5, 0.6) is 0 Å². The standard InChI is InChI=1S/C11H11ClN2/c1-7(2)5-11-13-9-4-3-8(12)6-10(9)14-11/h3-6H,1-2H3,(H,13,14). The molecule has 0 radical (unpaired) electrons. The van der Waals surface area contributed by atoms with Gasteiger partial charge in [-0.2, -0.15) is 0 Å². The number of benzene rings is 1. The zero-order valence-corrected chi connectivity index (χ0v) is 8.89. The number of rotatable bonds is 1. The van der Waals surface area contributed by atoms with Crippen LogP contribution in [0.2, 0.25) is 5.02 Å². The van der Waals surface area contributed by atoms with E-state index in [2.05, 4.69) is 9.97 Å². The molecule has 0 bridgehead atoms. The Bertz CT molecular complexity index is 493. The van der Waals surface area contributed by atoms with Gasteiger partial charge in [0, 0.05) is 5.02 Å². The summed E-state index contributed by atoms with van der Waals surface area (Å²) in [5, 5.41) is 0.727. The van der Waals surface area contributed by atoms with Crippen LogP contribution in [-0.4, -0.2) is 9.97 Å². The first kappa shape index (κ1) is 9.28. The van der Waals surface area contributed by atoms with Crippen LogP contribution in [0.15, 0.2) is 23.8 Å². The molecule has 0 spiro atoms. The largest absolute Gasteiger partial charge is 0.338 e. The van der Waals surface area contributed by atoms with Crippen molar-refractivity contribution in [2.75, 3.05) is 0 Å². The molecule has 3 heteroatoms. The van der Waals surface area contributed by atoms with Gasteiger partial charge < -0.3 is 4.98 Å². The fraction of sp³-hybridized carbons (Fsp3) is 0.182. The molecule has 0 saturated carbocycles. The molecule has 0 fully saturated rings. The number of hydrogen-bond donors (Lipinski definition) is 1. The lowest BCUT2D eigenvalue weighted by Gasteiger charge is -1.87. The third-order valence-corrected chi connectivity index (χ3v) is 2.12. The Hall–Kier alpha value is -1.28. The van der Waals surface area contributed by atoms with E-state index in [1.165, 1.54) is 5.57 Å². The van der Waals surface area contributed by atoms with Gasteiger partial charge in [-0.3, -0.25) is 0 Å². The molecule has 0 aliphatic carbocycles. The zero-order chi connectivity index (χ0) is 10.1. The average molecular weight is 207 g/mol. The van der Waals surface area contributed by atoms with Crippen LogP contribution in [0.25, 0.3) is 17.1 Å². The number of aromatic amines is 1. The Balaban J connectivity index is 2.57. The second kappa shape index (κ2) is 3.46. The number of aromatic nitrogens is 2. The average Bonchev–Trinajstić information content (AvgIpc) is 2.44. The highest BCUT2D eigenvalue weighted by Crippen LogP contribution is 2.17. The molecule has 72 valence electrons. The van der Waals surface area contributed by atoms with Crippen molar-refractivity contribution in [2.24, 2.45) is 0 Å². The first-order valence-electron chi connectivity index (χ1n) is 4.45. The Morgan fingerprint density at radius 2 is 2.21 bits per heavy atom. The first-order valence-corrected chi connectivity index (χ1v) is 4.83. The highest BCUT2D eigenvalue weighted by Gasteiger charge is 2.00. The maximum atomic E-state index is 5.87. The van der Waals surface area contributed by atoms with Crippen molar-refractivity contribution in [1.82, 2.24) is 9.97 Å². The van der Waals surface area contributed by atoms with E-state index in [1.807, 2.05) is 38.1 Å². The molecular weight excluding hydrogens is 196 g/mol. The van der Waals surface area contributed by atoms with Gasteiger partial charge in [-0.25, -0.2) is 4.98 Å². The molecule has 1 N–H and O–H groups in total. The van der Waals surface area contributed by atoms with Crippen LogP contribution in [0.4, 0.5) is 0 Å². The molecule has 1 aromatic carbocycles. The molecule has 0 unspecified atom stereocenters. The Morgan fingerprint density at radius 3 is 2.93 bits per heavy atom. The summed E-state index contributed by atoms with van der Waals surface area (Å²) in [6.45, 7) is 4.08. The van der Waals surface area contributed by atoms with Crippen molar-refractivity contribution in [3.8, 4) is 0 Å². The van der Waals surface area contributed by atoms with E-state index in [-0.39, 0.29) is 0 Å². The third-order valence-electron chi connectivity index (χ3n) is 1.89. The summed E-state index contributed by atoms with van der Waals surface area (Å²) < 4.78 is 0. The zero-order valence-electron chi connectivity index (χ0n) is 8.13. The molecule has 2 nitrogen and oxygen atoms in total. The van der Waals surface area contributed by atoms with Crippen molar-refractivity contribution >= 4 is 28.7 Å².